The van der Waals surface area contributed by atoms with Crippen molar-refractivity contribution >= 4 is 5.78 Å². The van der Waals surface area contributed by atoms with E-state index >= 15 is 0 Å². The van der Waals surface area contributed by atoms with Crippen LogP contribution in [0.5, 0.6) is 0 Å². The fourth-order valence-corrected chi connectivity index (χ4v) is 2.33. The van der Waals surface area contributed by atoms with Gasteiger partial charge in [-0.3, -0.25) is 9.69 Å². The van der Waals surface area contributed by atoms with Crippen molar-refractivity contribution in [3.8, 4) is 0 Å². The number of hydrogen-bond donors (Lipinski definition) is 0. The van der Waals surface area contributed by atoms with Gasteiger partial charge in [0.05, 0.1) is 5.54 Å². The molecular formula is C13H25NO2. The van der Waals surface area contributed by atoms with Crippen LogP contribution in [0.1, 0.15) is 46.5 Å². The summed E-state index contributed by atoms with van der Waals surface area (Å²) in [6.45, 7) is 9.09. The Morgan fingerprint density at radius 1 is 1.25 bits per heavy atom. The molecule has 1 aliphatic heterocycles. The zero-order valence-electron chi connectivity index (χ0n) is 10.9. The highest BCUT2D eigenvalue weighted by Gasteiger charge is 2.37. The summed E-state index contributed by atoms with van der Waals surface area (Å²) in [4.78, 5) is 14.5. The molecule has 0 aromatic heterocycles. The topological polar surface area (TPSA) is 29.5 Å². The van der Waals surface area contributed by atoms with Crippen molar-refractivity contribution in [2.45, 2.75) is 52.0 Å². The third-order valence-corrected chi connectivity index (χ3v) is 3.78. The summed E-state index contributed by atoms with van der Waals surface area (Å²) in [7, 11) is 0. The van der Waals surface area contributed by atoms with E-state index in [1.165, 1.54) is 19.3 Å². The van der Waals surface area contributed by atoms with Crippen molar-refractivity contribution in [3.05, 3.63) is 0 Å². The zero-order valence-corrected chi connectivity index (χ0v) is 10.9. The van der Waals surface area contributed by atoms with Crippen molar-refractivity contribution in [2.24, 2.45) is 0 Å². The molecule has 1 rings (SSSR count). The van der Waals surface area contributed by atoms with Crippen molar-refractivity contribution in [3.63, 3.8) is 0 Å². The Balaban J connectivity index is 2.62. The number of hydrogen-bond acceptors (Lipinski definition) is 3. The Labute approximate surface area is 99.1 Å². The molecule has 1 heterocycles. The van der Waals surface area contributed by atoms with Gasteiger partial charge in [0.1, 0.15) is 6.61 Å². The van der Waals surface area contributed by atoms with Gasteiger partial charge in [-0.25, -0.2) is 0 Å². The van der Waals surface area contributed by atoms with Gasteiger partial charge < -0.3 is 4.74 Å². The Morgan fingerprint density at radius 3 is 2.38 bits per heavy atom. The number of carbonyl (C=O) groups is 1. The van der Waals surface area contributed by atoms with Crippen LogP contribution in [0.25, 0.3) is 0 Å². The van der Waals surface area contributed by atoms with Gasteiger partial charge in [0.25, 0.3) is 0 Å². The van der Waals surface area contributed by atoms with Gasteiger partial charge in [-0.2, -0.15) is 0 Å². The maximum atomic E-state index is 12.2. The van der Waals surface area contributed by atoms with Crippen LogP contribution in [0.2, 0.25) is 0 Å². The molecule has 0 aromatic rings. The first-order chi connectivity index (χ1) is 7.65. The lowest BCUT2D eigenvalue weighted by atomic mass is 9.89. The first-order valence-electron chi connectivity index (χ1n) is 6.51. The number of rotatable bonds is 6. The maximum absolute atomic E-state index is 12.2. The zero-order chi connectivity index (χ0) is 12.0. The van der Waals surface area contributed by atoms with E-state index in [4.69, 9.17) is 4.74 Å². The molecule has 1 unspecified atom stereocenters. The highest BCUT2D eigenvalue weighted by molar-refractivity contribution is 5.89. The van der Waals surface area contributed by atoms with Gasteiger partial charge in [-0.1, -0.05) is 13.3 Å². The molecular weight excluding hydrogens is 202 g/mol. The lowest BCUT2D eigenvalue weighted by Crippen LogP contribution is -2.55. The number of carbonyl (C=O) groups excluding carboxylic acids is 1. The van der Waals surface area contributed by atoms with E-state index in [-0.39, 0.29) is 17.9 Å². The van der Waals surface area contributed by atoms with Crippen LogP contribution in [0.15, 0.2) is 0 Å². The van der Waals surface area contributed by atoms with Gasteiger partial charge in [0.15, 0.2) is 5.78 Å². The largest absolute Gasteiger partial charge is 0.374 e. The highest BCUT2D eigenvalue weighted by atomic mass is 16.5. The Bertz CT molecular complexity index is 224. The second-order valence-electron chi connectivity index (χ2n) is 4.74. The van der Waals surface area contributed by atoms with Crippen molar-refractivity contribution in [1.82, 2.24) is 4.90 Å². The Hall–Kier alpha value is -0.410. The fourth-order valence-electron chi connectivity index (χ4n) is 2.33. The molecule has 16 heavy (non-hydrogen) atoms. The molecule has 0 amide bonds. The van der Waals surface area contributed by atoms with E-state index < -0.39 is 0 Å². The first-order valence-corrected chi connectivity index (χ1v) is 6.51. The van der Waals surface area contributed by atoms with Crippen LogP contribution >= 0.6 is 0 Å². The smallest absolute Gasteiger partial charge is 0.178 e. The molecule has 1 aliphatic rings. The van der Waals surface area contributed by atoms with Crippen LogP contribution in [0.4, 0.5) is 0 Å². The fraction of sp³-hybridized carbons (Fsp3) is 0.923. The quantitative estimate of drug-likeness (QED) is 0.697. The average Bonchev–Trinajstić information content (AvgIpc) is 2.35. The van der Waals surface area contributed by atoms with E-state index in [0.717, 1.165) is 19.5 Å². The number of likely N-dealkylation sites (tertiary alicyclic amines) is 1. The first kappa shape index (κ1) is 13.7. The second-order valence-corrected chi connectivity index (χ2v) is 4.74. The summed E-state index contributed by atoms with van der Waals surface area (Å²) in [5, 5.41) is 0. The monoisotopic (exact) mass is 227 g/mol. The van der Waals surface area contributed by atoms with Crippen LogP contribution in [0, 0.1) is 0 Å². The summed E-state index contributed by atoms with van der Waals surface area (Å²) >= 11 is 0. The minimum Gasteiger partial charge on any atom is -0.374 e. The third-order valence-electron chi connectivity index (χ3n) is 3.78. The van der Waals surface area contributed by atoms with E-state index in [9.17, 15) is 4.79 Å². The Kier molecular flexibility index (Phi) is 5.42. The minimum absolute atomic E-state index is 0.235. The molecule has 0 aliphatic carbocycles. The molecule has 1 atom stereocenters. The molecule has 0 radical (unpaired) electrons. The molecule has 3 nitrogen and oxygen atoms in total. The molecule has 0 spiro atoms. The summed E-state index contributed by atoms with van der Waals surface area (Å²) in [5.74, 6) is 0.235. The Morgan fingerprint density at radius 2 is 1.88 bits per heavy atom. The van der Waals surface area contributed by atoms with Gasteiger partial charge >= 0.3 is 0 Å². The number of nitrogens with zero attached hydrogens (tertiary/aromatic N) is 1. The summed E-state index contributed by atoms with van der Waals surface area (Å²) in [6, 6.07) is 0. The molecule has 94 valence electrons. The van der Waals surface area contributed by atoms with Crippen LogP contribution < -0.4 is 0 Å². The van der Waals surface area contributed by atoms with E-state index in [1.54, 1.807) is 0 Å². The van der Waals surface area contributed by atoms with Gasteiger partial charge in [0.2, 0.25) is 0 Å². The van der Waals surface area contributed by atoms with Gasteiger partial charge in [0, 0.05) is 6.61 Å². The summed E-state index contributed by atoms with van der Waals surface area (Å²) in [6.07, 6.45) is 4.61. The highest BCUT2D eigenvalue weighted by Crippen LogP contribution is 2.25. The van der Waals surface area contributed by atoms with Crippen molar-refractivity contribution < 1.29 is 9.53 Å². The van der Waals surface area contributed by atoms with Crippen LogP contribution in [0.3, 0.4) is 0 Å². The summed E-state index contributed by atoms with van der Waals surface area (Å²) in [5.41, 5.74) is -0.310. The third kappa shape index (κ3) is 3.05. The van der Waals surface area contributed by atoms with Crippen LogP contribution in [-0.2, 0) is 9.53 Å². The molecule has 0 saturated carbocycles. The lowest BCUT2D eigenvalue weighted by molar-refractivity contribution is -0.136. The maximum Gasteiger partial charge on any atom is 0.178 e. The number of ketones is 1. The number of ether oxygens (including phenoxy) is 1. The predicted octanol–water partition coefficient (Wildman–Crippen LogP) is 2.25. The van der Waals surface area contributed by atoms with Crippen LogP contribution in [-0.4, -0.2) is 42.5 Å². The molecule has 0 bridgehead atoms. The average molecular weight is 227 g/mol. The number of piperidine rings is 1. The van der Waals surface area contributed by atoms with E-state index in [0.29, 0.717) is 6.61 Å². The van der Waals surface area contributed by atoms with E-state index in [1.807, 2.05) is 6.92 Å². The van der Waals surface area contributed by atoms with Crippen molar-refractivity contribution in [1.29, 1.82) is 0 Å². The second kappa shape index (κ2) is 6.36. The van der Waals surface area contributed by atoms with Gasteiger partial charge in [-0.05, 0) is 46.2 Å². The molecule has 0 aromatic carbocycles. The standard InChI is InChI=1S/C13H25NO2/c1-4-13(3,12(15)11-16-5-2)14-9-7-6-8-10-14/h4-11H2,1-3H3. The van der Waals surface area contributed by atoms with E-state index in [2.05, 4.69) is 18.7 Å². The summed E-state index contributed by atoms with van der Waals surface area (Å²) < 4.78 is 5.26. The molecule has 0 N–H and O–H groups in total. The molecule has 1 saturated heterocycles. The SMILES string of the molecule is CCOCC(=O)C(C)(CC)N1CCCCC1. The predicted molar refractivity (Wildman–Crippen MR) is 65.6 cm³/mol. The van der Waals surface area contributed by atoms with Gasteiger partial charge in [-0.15, -0.1) is 0 Å². The normalized spacial score (nSPS) is 21.7. The minimum atomic E-state index is -0.310. The molecule has 1 fully saturated rings. The number of Topliss-reactive ketones (excluding diaryl/α,β-unsaturated/α-hetero) is 1. The molecule has 3 heteroatoms. The lowest BCUT2D eigenvalue weighted by Gasteiger charge is -2.41. The van der Waals surface area contributed by atoms with Crippen molar-refractivity contribution in [2.75, 3.05) is 26.3 Å².